The van der Waals surface area contributed by atoms with Gasteiger partial charge in [-0.05, 0) is 36.1 Å². The lowest BCUT2D eigenvalue weighted by molar-refractivity contribution is -0.119. The zero-order valence-electron chi connectivity index (χ0n) is 17.2. The summed E-state index contributed by atoms with van der Waals surface area (Å²) in [5.74, 6) is -0.786. The Balaban J connectivity index is 1.52. The highest BCUT2D eigenvalue weighted by Crippen LogP contribution is 2.19. The number of rotatable bonds is 6. The zero-order valence-corrected chi connectivity index (χ0v) is 18.8. The number of nitrogens with zero attached hydrogens (tertiary/aromatic N) is 2. The quantitative estimate of drug-likeness (QED) is 0.259. The van der Waals surface area contributed by atoms with Crippen LogP contribution in [0.15, 0.2) is 76.0 Å². The number of carbonyl (C=O) groups excluding carboxylic acids is 2. The number of thioether (sulfide) groups is 1. The van der Waals surface area contributed by atoms with Crippen LogP contribution in [-0.4, -0.2) is 27.1 Å². The van der Waals surface area contributed by atoms with Gasteiger partial charge in [0.25, 0.3) is 11.5 Å². The second-order valence-corrected chi connectivity index (χ2v) is 8.95. The molecule has 0 unspecified atom stereocenters. The molecule has 0 aliphatic carbocycles. The number of amides is 2. The van der Waals surface area contributed by atoms with Crippen molar-refractivity contribution in [2.45, 2.75) is 18.6 Å². The fraction of sp³-hybridized carbons (Fsp3) is 0.130. The minimum atomic E-state index is -0.399. The molecule has 0 saturated heterocycles. The molecule has 2 amide bonds. The number of hydrogen-bond acceptors (Lipinski definition) is 6. The monoisotopic (exact) mass is 464 g/mol. The number of carbonyl (C=O) groups is 2. The van der Waals surface area contributed by atoms with Crippen LogP contribution in [0.5, 0.6) is 0 Å². The summed E-state index contributed by atoms with van der Waals surface area (Å²) in [6.45, 7) is 2.35. The van der Waals surface area contributed by atoms with Gasteiger partial charge in [-0.25, -0.2) is 4.98 Å². The van der Waals surface area contributed by atoms with Gasteiger partial charge in [0.2, 0.25) is 5.91 Å². The van der Waals surface area contributed by atoms with Crippen LogP contribution in [0.1, 0.15) is 20.8 Å². The molecule has 0 bridgehead atoms. The van der Waals surface area contributed by atoms with Crippen molar-refractivity contribution in [2.24, 2.45) is 0 Å². The van der Waals surface area contributed by atoms with E-state index >= 15 is 0 Å². The molecule has 0 atom stereocenters. The van der Waals surface area contributed by atoms with Gasteiger partial charge in [0, 0.05) is 0 Å². The molecule has 0 saturated carbocycles. The standard InChI is InChI=1S/C23H20N4O3S2/c1-15-8-10-16(11-9-15)13-27-22(30)17-5-2-3-6-18(17)24-23(27)32-14-20(28)25-26-21(29)19-7-4-12-31-19/h2-12H,13-14H2,1H3,(H,25,28)(H,26,29). The smallest absolute Gasteiger partial charge is 0.279 e. The maximum Gasteiger partial charge on any atom is 0.279 e. The van der Waals surface area contributed by atoms with Crippen LogP contribution in [0, 0.1) is 6.92 Å². The van der Waals surface area contributed by atoms with Gasteiger partial charge < -0.3 is 0 Å². The summed E-state index contributed by atoms with van der Waals surface area (Å²) in [4.78, 5) is 42.5. The molecule has 0 radical (unpaired) electrons. The highest BCUT2D eigenvalue weighted by atomic mass is 32.2. The number of nitrogens with one attached hydrogen (secondary N) is 2. The zero-order chi connectivity index (χ0) is 22.5. The van der Waals surface area contributed by atoms with Gasteiger partial charge in [-0.2, -0.15) is 0 Å². The molecule has 32 heavy (non-hydrogen) atoms. The summed E-state index contributed by atoms with van der Waals surface area (Å²) in [7, 11) is 0. The average Bonchev–Trinajstić information content (AvgIpc) is 3.35. The number of aromatic nitrogens is 2. The van der Waals surface area contributed by atoms with E-state index in [1.54, 1.807) is 40.3 Å². The molecule has 2 N–H and O–H groups in total. The third-order valence-corrected chi connectivity index (χ3v) is 6.53. The summed E-state index contributed by atoms with van der Waals surface area (Å²) >= 11 is 2.43. The van der Waals surface area contributed by atoms with Crippen molar-refractivity contribution in [2.75, 3.05) is 5.75 Å². The first kappa shape index (κ1) is 21.8. The van der Waals surface area contributed by atoms with E-state index in [4.69, 9.17) is 0 Å². The minimum Gasteiger partial charge on any atom is -0.283 e. The third-order valence-electron chi connectivity index (χ3n) is 4.68. The number of benzene rings is 2. The fourth-order valence-electron chi connectivity index (χ4n) is 3.04. The van der Waals surface area contributed by atoms with Crippen molar-refractivity contribution in [1.82, 2.24) is 20.4 Å². The first-order chi connectivity index (χ1) is 15.5. The lowest BCUT2D eigenvalue weighted by Gasteiger charge is -2.13. The van der Waals surface area contributed by atoms with E-state index in [1.807, 2.05) is 37.3 Å². The van der Waals surface area contributed by atoms with Crippen molar-refractivity contribution < 1.29 is 9.59 Å². The Hall–Kier alpha value is -3.43. The van der Waals surface area contributed by atoms with Crippen molar-refractivity contribution >= 4 is 45.8 Å². The van der Waals surface area contributed by atoms with E-state index in [0.717, 1.165) is 22.9 Å². The molecule has 4 rings (SSSR count). The molecular formula is C23H20N4O3S2. The molecule has 2 aromatic heterocycles. The number of fused-ring (bicyclic) bond motifs is 1. The summed E-state index contributed by atoms with van der Waals surface area (Å²) in [6.07, 6.45) is 0. The topological polar surface area (TPSA) is 93.1 Å². The van der Waals surface area contributed by atoms with Crippen LogP contribution in [0.25, 0.3) is 10.9 Å². The molecule has 2 heterocycles. The Kier molecular flexibility index (Phi) is 6.67. The second kappa shape index (κ2) is 9.80. The summed E-state index contributed by atoms with van der Waals surface area (Å²) in [5.41, 5.74) is 7.30. The highest BCUT2D eigenvalue weighted by molar-refractivity contribution is 7.99. The van der Waals surface area contributed by atoms with Gasteiger partial charge >= 0.3 is 0 Å². The highest BCUT2D eigenvalue weighted by Gasteiger charge is 2.14. The number of thiophene rings is 1. The lowest BCUT2D eigenvalue weighted by atomic mass is 10.1. The summed E-state index contributed by atoms with van der Waals surface area (Å²) in [6, 6.07) is 18.5. The molecule has 0 aliphatic heterocycles. The van der Waals surface area contributed by atoms with E-state index in [2.05, 4.69) is 15.8 Å². The van der Waals surface area contributed by atoms with Crippen molar-refractivity contribution in [3.05, 3.63) is 92.4 Å². The van der Waals surface area contributed by atoms with Gasteiger partial charge in [-0.1, -0.05) is 59.8 Å². The van der Waals surface area contributed by atoms with Crippen molar-refractivity contribution in [3.8, 4) is 0 Å². The predicted octanol–water partition coefficient (Wildman–Crippen LogP) is 3.37. The molecular weight excluding hydrogens is 444 g/mol. The Morgan fingerprint density at radius 2 is 1.81 bits per heavy atom. The minimum absolute atomic E-state index is 0.0105. The normalized spacial score (nSPS) is 10.8. The molecule has 162 valence electrons. The Bertz CT molecular complexity index is 1320. The first-order valence-electron chi connectivity index (χ1n) is 9.82. The van der Waals surface area contributed by atoms with Crippen LogP contribution in [0.4, 0.5) is 0 Å². The van der Waals surface area contributed by atoms with Crippen LogP contribution in [-0.2, 0) is 11.3 Å². The first-order valence-corrected chi connectivity index (χ1v) is 11.7. The van der Waals surface area contributed by atoms with Crippen LogP contribution in [0.2, 0.25) is 0 Å². The molecule has 0 fully saturated rings. The maximum absolute atomic E-state index is 13.2. The van der Waals surface area contributed by atoms with E-state index in [0.29, 0.717) is 27.5 Å². The number of para-hydroxylation sites is 1. The molecule has 7 nitrogen and oxygen atoms in total. The van der Waals surface area contributed by atoms with E-state index in [9.17, 15) is 14.4 Å². The number of hydrogen-bond donors (Lipinski definition) is 2. The maximum atomic E-state index is 13.2. The van der Waals surface area contributed by atoms with Crippen molar-refractivity contribution in [1.29, 1.82) is 0 Å². The van der Waals surface area contributed by atoms with Gasteiger partial charge in [0.1, 0.15) is 0 Å². The van der Waals surface area contributed by atoms with Crippen molar-refractivity contribution in [3.63, 3.8) is 0 Å². The molecule has 2 aromatic carbocycles. The second-order valence-electron chi connectivity index (χ2n) is 7.06. The van der Waals surface area contributed by atoms with E-state index in [1.165, 1.54) is 11.3 Å². The van der Waals surface area contributed by atoms with Gasteiger partial charge in [-0.3, -0.25) is 29.8 Å². The summed E-state index contributed by atoms with van der Waals surface area (Å²) in [5, 5.41) is 2.75. The lowest BCUT2D eigenvalue weighted by Crippen LogP contribution is -2.42. The number of aryl methyl sites for hydroxylation is 1. The third kappa shape index (κ3) is 5.06. The number of hydrazine groups is 1. The Morgan fingerprint density at radius 1 is 1.03 bits per heavy atom. The summed E-state index contributed by atoms with van der Waals surface area (Å²) < 4.78 is 1.58. The van der Waals surface area contributed by atoms with E-state index < -0.39 is 5.91 Å². The average molecular weight is 465 g/mol. The SMILES string of the molecule is Cc1ccc(Cn2c(SCC(=O)NNC(=O)c3cccs3)nc3ccccc3c2=O)cc1. The predicted molar refractivity (Wildman–Crippen MR) is 127 cm³/mol. The van der Waals surface area contributed by atoms with E-state index in [-0.39, 0.29) is 17.2 Å². The van der Waals surface area contributed by atoms with Gasteiger partial charge in [-0.15, -0.1) is 11.3 Å². The molecule has 9 heteroatoms. The fourth-order valence-corrected chi connectivity index (χ4v) is 4.45. The Labute approximate surface area is 192 Å². The Morgan fingerprint density at radius 3 is 2.56 bits per heavy atom. The molecule has 0 spiro atoms. The van der Waals surface area contributed by atoms with Crippen LogP contribution in [0.3, 0.4) is 0 Å². The largest absolute Gasteiger partial charge is 0.283 e. The molecule has 0 aliphatic rings. The van der Waals surface area contributed by atoms with Gasteiger partial charge in [0.05, 0.1) is 28.1 Å². The van der Waals surface area contributed by atoms with Crippen LogP contribution >= 0.6 is 23.1 Å². The van der Waals surface area contributed by atoms with Crippen LogP contribution < -0.4 is 16.4 Å². The molecule has 4 aromatic rings. The van der Waals surface area contributed by atoms with Gasteiger partial charge in [0.15, 0.2) is 5.16 Å².